The van der Waals surface area contributed by atoms with Gasteiger partial charge < -0.3 is 5.32 Å². The predicted octanol–water partition coefficient (Wildman–Crippen LogP) is 4.09. The highest BCUT2D eigenvalue weighted by atomic mass is 19.1. The molecule has 0 aliphatic carbocycles. The Balaban J connectivity index is 2.42. The number of halogens is 1. The van der Waals surface area contributed by atoms with E-state index in [-0.39, 0.29) is 11.9 Å². The molecule has 100 valence electrons. The van der Waals surface area contributed by atoms with Gasteiger partial charge in [-0.1, -0.05) is 56.3 Å². The highest BCUT2D eigenvalue weighted by Crippen LogP contribution is 2.25. The van der Waals surface area contributed by atoms with Gasteiger partial charge in [0.1, 0.15) is 5.82 Å². The highest BCUT2D eigenvalue weighted by molar-refractivity contribution is 5.35. The summed E-state index contributed by atoms with van der Waals surface area (Å²) in [5.41, 5.74) is 3.10. The minimum Gasteiger partial charge on any atom is -0.306 e. The van der Waals surface area contributed by atoms with Crippen LogP contribution in [-0.2, 0) is 6.42 Å². The van der Waals surface area contributed by atoms with Crippen LogP contribution in [0.15, 0.2) is 48.5 Å². The Labute approximate surface area is 114 Å². The molecular weight excluding hydrogens is 237 g/mol. The number of aryl methyl sites for hydroxylation is 1. The molecular formula is C17H20FN. The van der Waals surface area contributed by atoms with Gasteiger partial charge in [0.25, 0.3) is 0 Å². The molecule has 0 bridgehead atoms. The maximum absolute atomic E-state index is 14.0. The van der Waals surface area contributed by atoms with Crippen molar-refractivity contribution < 1.29 is 4.39 Å². The molecule has 0 saturated heterocycles. The smallest absolute Gasteiger partial charge is 0.128 e. The minimum absolute atomic E-state index is 0.0855. The zero-order valence-corrected chi connectivity index (χ0v) is 11.5. The molecule has 0 amide bonds. The van der Waals surface area contributed by atoms with Crippen LogP contribution >= 0.6 is 0 Å². The fourth-order valence-electron chi connectivity index (χ4n) is 2.31. The van der Waals surface area contributed by atoms with Gasteiger partial charge in [0.2, 0.25) is 0 Å². The molecule has 2 aromatic rings. The third-order valence-corrected chi connectivity index (χ3v) is 3.32. The van der Waals surface area contributed by atoms with Crippen LogP contribution in [0.1, 0.15) is 36.6 Å². The molecule has 1 N–H and O–H groups in total. The summed E-state index contributed by atoms with van der Waals surface area (Å²) in [5, 5.41) is 3.37. The van der Waals surface area contributed by atoms with Crippen molar-refractivity contribution in [1.29, 1.82) is 0 Å². The first kappa shape index (κ1) is 13.8. The summed E-state index contributed by atoms with van der Waals surface area (Å²) >= 11 is 0. The molecule has 1 nitrogen and oxygen atoms in total. The molecule has 0 aromatic heterocycles. The number of benzene rings is 2. The standard InChI is InChI=1S/C17H20FN/c1-3-13-8-7-9-14(12-13)17(19-4-2)15-10-5-6-11-16(15)18/h5-12,17,19H,3-4H2,1-2H3. The van der Waals surface area contributed by atoms with Gasteiger partial charge in [-0.2, -0.15) is 0 Å². The highest BCUT2D eigenvalue weighted by Gasteiger charge is 2.16. The molecule has 0 spiro atoms. The molecule has 0 radical (unpaired) electrons. The second-order valence-electron chi connectivity index (χ2n) is 4.61. The lowest BCUT2D eigenvalue weighted by Crippen LogP contribution is -2.23. The lowest BCUT2D eigenvalue weighted by molar-refractivity contribution is 0.559. The molecule has 19 heavy (non-hydrogen) atoms. The van der Waals surface area contributed by atoms with E-state index in [1.165, 1.54) is 11.6 Å². The Morgan fingerprint density at radius 2 is 1.84 bits per heavy atom. The maximum atomic E-state index is 14.0. The average molecular weight is 257 g/mol. The number of rotatable bonds is 5. The van der Waals surface area contributed by atoms with E-state index in [1.807, 2.05) is 25.1 Å². The van der Waals surface area contributed by atoms with E-state index in [0.29, 0.717) is 5.56 Å². The van der Waals surface area contributed by atoms with Crippen molar-refractivity contribution in [3.05, 3.63) is 71.0 Å². The van der Waals surface area contributed by atoms with Gasteiger partial charge in [-0.3, -0.25) is 0 Å². The molecule has 0 aliphatic rings. The van der Waals surface area contributed by atoms with E-state index in [1.54, 1.807) is 6.07 Å². The van der Waals surface area contributed by atoms with Crippen molar-refractivity contribution >= 4 is 0 Å². The van der Waals surface area contributed by atoms with Crippen LogP contribution in [0.5, 0.6) is 0 Å². The van der Waals surface area contributed by atoms with Crippen molar-refractivity contribution in [2.75, 3.05) is 6.54 Å². The number of nitrogens with one attached hydrogen (secondary N) is 1. The molecule has 0 saturated carbocycles. The second kappa shape index (κ2) is 6.48. The summed E-state index contributed by atoms with van der Waals surface area (Å²) in [6.45, 7) is 4.97. The molecule has 2 aromatic carbocycles. The fraction of sp³-hybridized carbons (Fsp3) is 0.294. The van der Waals surface area contributed by atoms with Gasteiger partial charge in [-0.05, 0) is 30.2 Å². The average Bonchev–Trinajstić information content (AvgIpc) is 2.46. The Morgan fingerprint density at radius 3 is 2.53 bits per heavy atom. The number of hydrogen-bond donors (Lipinski definition) is 1. The lowest BCUT2D eigenvalue weighted by Gasteiger charge is -2.20. The summed E-state index contributed by atoms with van der Waals surface area (Å²) in [7, 11) is 0. The van der Waals surface area contributed by atoms with E-state index in [4.69, 9.17) is 0 Å². The second-order valence-corrected chi connectivity index (χ2v) is 4.61. The van der Waals surface area contributed by atoms with Crippen molar-refractivity contribution in [1.82, 2.24) is 5.32 Å². The molecule has 1 unspecified atom stereocenters. The first-order valence-corrected chi connectivity index (χ1v) is 6.83. The van der Waals surface area contributed by atoms with E-state index < -0.39 is 0 Å². The predicted molar refractivity (Wildman–Crippen MR) is 77.7 cm³/mol. The lowest BCUT2D eigenvalue weighted by atomic mass is 9.96. The normalized spacial score (nSPS) is 12.4. The SMILES string of the molecule is CCNC(c1cccc(CC)c1)c1ccccc1F. The van der Waals surface area contributed by atoms with Crippen LogP contribution in [0.2, 0.25) is 0 Å². The third kappa shape index (κ3) is 3.21. The monoisotopic (exact) mass is 257 g/mol. The largest absolute Gasteiger partial charge is 0.306 e. The zero-order valence-electron chi connectivity index (χ0n) is 11.5. The summed E-state index contributed by atoms with van der Waals surface area (Å²) in [6.07, 6.45) is 0.990. The van der Waals surface area contributed by atoms with Crippen LogP contribution in [0, 0.1) is 5.82 Å². The van der Waals surface area contributed by atoms with Gasteiger partial charge in [0.15, 0.2) is 0 Å². The van der Waals surface area contributed by atoms with Gasteiger partial charge in [0.05, 0.1) is 6.04 Å². The van der Waals surface area contributed by atoms with Gasteiger partial charge in [-0.15, -0.1) is 0 Å². The van der Waals surface area contributed by atoms with Crippen LogP contribution in [0.25, 0.3) is 0 Å². The Morgan fingerprint density at radius 1 is 1.05 bits per heavy atom. The topological polar surface area (TPSA) is 12.0 Å². The van der Waals surface area contributed by atoms with Crippen molar-refractivity contribution in [3.8, 4) is 0 Å². The first-order valence-electron chi connectivity index (χ1n) is 6.83. The van der Waals surface area contributed by atoms with Crippen molar-refractivity contribution in [2.45, 2.75) is 26.3 Å². The first-order chi connectivity index (χ1) is 9.26. The molecule has 0 aliphatic heterocycles. The number of hydrogen-bond acceptors (Lipinski definition) is 1. The van der Waals surface area contributed by atoms with Crippen molar-refractivity contribution in [3.63, 3.8) is 0 Å². The Hall–Kier alpha value is -1.67. The summed E-state index contributed by atoms with van der Waals surface area (Å²) in [4.78, 5) is 0. The minimum atomic E-state index is -0.157. The summed E-state index contributed by atoms with van der Waals surface area (Å²) in [6, 6.07) is 15.2. The quantitative estimate of drug-likeness (QED) is 0.850. The summed E-state index contributed by atoms with van der Waals surface area (Å²) in [5.74, 6) is -0.157. The van der Waals surface area contributed by atoms with E-state index in [0.717, 1.165) is 18.5 Å². The van der Waals surface area contributed by atoms with Gasteiger partial charge >= 0.3 is 0 Å². The van der Waals surface area contributed by atoms with Crippen molar-refractivity contribution in [2.24, 2.45) is 0 Å². The third-order valence-electron chi connectivity index (χ3n) is 3.32. The Kier molecular flexibility index (Phi) is 4.69. The van der Waals surface area contributed by atoms with Gasteiger partial charge in [0, 0.05) is 5.56 Å². The van der Waals surface area contributed by atoms with Crippen LogP contribution in [0.4, 0.5) is 4.39 Å². The van der Waals surface area contributed by atoms with Gasteiger partial charge in [-0.25, -0.2) is 4.39 Å². The molecule has 1 atom stereocenters. The van der Waals surface area contributed by atoms with E-state index >= 15 is 0 Å². The maximum Gasteiger partial charge on any atom is 0.128 e. The van der Waals surface area contributed by atoms with Crippen LogP contribution in [0.3, 0.4) is 0 Å². The molecule has 2 heteroatoms. The molecule has 2 rings (SSSR count). The van der Waals surface area contributed by atoms with E-state index in [9.17, 15) is 4.39 Å². The fourth-order valence-corrected chi connectivity index (χ4v) is 2.31. The Bertz CT molecular complexity index is 536. The zero-order chi connectivity index (χ0) is 13.7. The van der Waals surface area contributed by atoms with Crippen LogP contribution < -0.4 is 5.32 Å². The molecule has 0 heterocycles. The van der Waals surface area contributed by atoms with E-state index in [2.05, 4.69) is 30.4 Å². The van der Waals surface area contributed by atoms with Crippen LogP contribution in [-0.4, -0.2) is 6.54 Å². The summed E-state index contributed by atoms with van der Waals surface area (Å²) < 4.78 is 14.0. The molecule has 0 fully saturated rings.